The van der Waals surface area contributed by atoms with Crippen LogP contribution in [0.15, 0.2) is 60.5 Å². The van der Waals surface area contributed by atoms with E-state index in [4.69, 9.17) is 4.98 Å². The number of hydrogen-bond donors (Lipinski definition) is 3. The number of fused-ring (bicyclic) bond motifs is 1. The lowest BCUT2D eigenvalue weighted by Gasteiger charge is -2.38. The molecule has 3 saturated heterocycles. The van der Waals surface area contributed by atoms with E-state index in [9.17, 15) is 14.4 Å². The Hall–Kier alpha value is -4.75. The number of benzene rings is 1. The van der Waals surface area contributed by atoms with Crippen molar-refractivity contribution in [3.63, 3.8) is 0 Å². The Kier molecular flexibility index (Phi) is 10.7. The van der Waals surface area contributed by atoms with Gasteiger partial charge in [-0.2, -0.15) is 4.98 Å². The molecule has 2 aromatic heterocycles. The van der Waals surface area contributed by atoms with Crippen molar-refractivity contribution in [2.45, 2.75) is 69.5 Å². The van der Waals surface area contributed by atoms with E-state index in [1.807, 2.05) is 12.3 Å². The molecule has 0 spiro atoms. The van der Waals surface area contributed by atoms with Crippen LogP contribution in [0.1, 0.15) is 79.4 Å². The molecule has 5 aliphatic rings. The summed E-state index contributed by atoms with van der Waals surface area (Å²) < 4.78 is 2.15. The molecule has 3 amide bonds. The normalized spacial score (nSPS) is 23.4. The molecule has 1 aliphatic carbocycles. The van der Waals surface area contributed by atoms with Crippen LogP contribution in [0.2, 0.25) is 0 Å². The van der Waals surface area contributed by atoms with Crippen molar-refractivity contribution in [1.29, 1.82) is 0 Å². The molecule has 4 aliphatic heterocycles. The number of hydrogen-bond acceptors (Lipinski definition) is 10. The van der Waals surface area contributed by atoms with Crippen molar-refractivity contribution in [2.75, 3.05) is 76.7 Å². The van der Waals surface area contributed by atoms with Gasteiger partial charge in [0.15, 0.2) is 0 Å². The summed E-state index contributed by atoms with van der Waals surface area (Å²) in [5.41, 5.74) is 5.05. The molecular formula is C41H54N10O3. The van der Waals surface area contributed by atoms with Gasteiger partial charge in [-0.3, -0.25) is 24.6 Å². The van der Waals surface area contributed by atoms with Gasteiger partial charge in [-0.05, 0) is 86.5 Å². The van der Waals surface area contributed by atoms with Gasteiger partial charge >= 0.3 is 0 Å². The van der Waals surface area contributed by atoms with Gasteiger partial charge in [0, 0.05) is 89.3 Å². The topological polar surface area (TPSA) is 131 Å². The average Bonchev–Trinajstić information content (AvgIpc) is 3.86. The van der Waals surface area contributed by atoms with Gasteiger partial charge in [-0.15, -0.1) is 0 Å². The molecule has 1 saturated carbocycles. The molecule has 3 N–H and O–H groups in total. The number of piperazine rings is 1. The minimum absolute atomic E-state index is 0.000863. The predicted molar refractivity (Wildman–Crippen MR) is 210 cm³/mol. The van der Waals surface area contributed by atoms with Crippen LogP contribution in [-0.4, -0.2) is 120 Å². The van der Waals surface area contributed by atoms with Crippen LogP contribution in [0, 0.1) is 5.92 Å². The van der Waals surface area contributed by atoms with Crippen LogP contribution < -0.4 is 20.9 Å². The van der Waals surface area contributed by atoms with E-state index in [-0.39, 0.29) is 35.8 Å². The van der Waals surface area contributed by atoms with E-state index >= 15 is 0 Å². The molecule has 0 bridgehead atoms. The van der Waals surface area contributed by atoms with E-state index in [0.717, 1.165) is 94.6 Å². The summed E-state index contributed by atoms with van der Waals surface area (Å²) in [7, 11) is 3.60. The molecule has 13 heteroatoms. The number of allylic oxidation sites excluding steroid dienone is 2. The zero-order chi connectivity index (χ0) is 37.2. The summed E-state index contributed by atoms with van der Waals surface area (Å²) in [5.74, 6) is 0.513. The van der Waals surface area contributed by atoms with Gasteiger partial charge < -0.3 is 29.9 Å². The second-order valence-electron chi connectivity index (χ2n) is 15.8. The van der Waals surface area contributed by atoms with Crippen molar-refractivity contribution < 1.29 is 14.4 Å². The first-order valence-corrected chi connectivity index (χ1v) is 19.9. The first-order valence-electron chi connectivity index (χ1n) is 19.9. The Morgan fingerprint density at radius 1 is 0.926 bits per heavy atom. The van der Waals surface area contributed by atoms with E-state index in [0.29, 0.717) is 30.4 Å². The van der Waals surface area contributed by atoms with Crippen LogP contribution in [-0.2, 0) is 9.59 Å². The minimum Gasteiger partial charge on any atom is -0.369 e. The maximum Gasteiger partial charge on any atom is 0.270 e. The van der Waals surface area contributed by atoms with Crippen molar-refractivity contribution >= 4 is 40.4 Å². The van der Waals surface area contributed by atoms with Gasteiger partial charge in [-0.25, -0.2) is 4.98 Å². The number of dihydropyridines is 1. The van der Waals surface area contributed by atoms with Crippen LogP contribution in [0.25, 0.3) is 11.0 Å². The Bertz CT molecular complexity index is 1900. The van der Waals surface area contributed by atoms with Crippen LogP contribution in [0.4, 0.5) is 11.6 Å². The number of piperidine rings is 2. The zero-order valence-electron chi connectivity index (χ0n) is 31.7. The number of nitrogens with zero attached hydrogens (tertiary/aromatic N) is 7. The summed E-state index contributed by atoms with van der Waals surface area (Å²) in [5, 5.41) is 10.3. The molecule has 8 rings (SSSR count). The average molecular weight is 735 g/mol. The molecular weight excluding hydrogens is 681 g/mol. The van der Waals surface area contributed by atoms with Gasteiger partial charge in [0.05, 0.1) is 5.92 Å². The monoisotopic (exact) mass is 734 g/mol. The lowest BCUT2D eigenvalue weighted by molar-refractivity contribution is -0.134. The Labute approximate surface area is 317 Å². The van der Waals surface area contributed by atoms with Gasteiger partial charge in [0.2, 0.25) is 17.8 Å². The highest BCUT2D eigenvalue weighted by molar-refractivity contribution is 6.01. The zero-order valence-corrected chi connectivity index (χ0v) is 31.7. The van der Waals surface area contributed by atoms with Crippen molar-refractivity contribution in [3.8, 4) is 0 Å². The molecule has 54 heavy (non-hydrogen) atoms. The third-order valence-electron chi connectivity index (χ3n) is 12.1. The highest BCUT2D eigenvalue weighted by atomic mass is 16.2. The molecule has 2 atom stereocenters. The Morgan fingerprint density at radius 3 is 2.31 bits per heavy atom. The molecule has 3 aromatic rings. The molecule has 2 unspecified atom stereocenters. The number of aromatic nitrogens is 3. The molecule has 1 aromatic carbocycles. The predicted octanol–water partition coefficient (Wildman–Crippen LogP) is 4.08. The first kappa shape index (κ1) is 36.2. The second-order valence-corrected chi connectivity index (χ2v) is 15.8. The number of likely N-dealkylation sites (tertiary alicyclic amines) is 1. The number of carbonyl (C=O) groups is 3. The van der Waals surface area contributed by atoms with Crippen molar-refractivity contribution in [1.82, 2.24) is 39.9 Å². The van der Waals surface area contributed by atoms with E-state index in [1.54, 1.807) is 19.0 Å². The summed E-state index contributed by atoms with van der Waals surface area (Å²) in [6.07, 6.45) is 16.1. The second kappa shape index (κ2) is 15.9. The molecule has 286 valence electrons. The number of anilines is 2. The maximum absolute atomic E-state index is 13.1. The largest absolute Gasteiger partial charge is 0.369 e. The number of nitrogens with one attached hydrogen (secondary N) is 3. The number of carbonyl (C=O) groups excluding carboxylic acids is 3. The number of imide groups is 1. The highest BCUT2D eigenvalue weighted by Crippen LogP contribution is 2.35. The summed E-state index contributed by atoms with van der Waals surface area (Å²) in [6.45, 7) is 8.52. The molecule has 6 heterocycles. The summed E-state index contributed by atoms with van der Waals surface area (Å²) >= 11 is 0. The van der Waals surface area contributed by atoms with Crippen LogP contribution in [0.3, 0.4) is 0 Å². The number of amides is 3. The van der Waals surface area contributed by atoms with Gasteiger partial charge in [0.25, 0.3) is 5.91 Å². The third-order valence-corrected chi connectivity index (χ3v) is 12.1. The molecule has 13 nitrogen and oxygen atoms in total. The minimum atomic E-state index is -0.234. The standard InChI is InChI=1S/C41H54N10O3/c1-47(2)40(54)35-25-31-27-43-41(46-38(31)51(35)33-5-3-4-6-33)44-36-13-9-30(26-42-36)28-15-17-48(18-16-28)19-20-49-21-23-50(24-22-49)32-10-7-29(8-11-32)34-12-14-37(52)45-39(34)53/h7-11,13,25-28,33-34,36,42H,3-6,12,14-24H2,1-2H3,(H,43,44,46)(H,45,52,53). The first-order chi connectivity index (χ1) is 26.3. The van der Waals surface area contributed by atoms with Gasteiger partial charge in [-0.1, -0.05) is 31.1 Å². The highest BCUT2D eigenvalue weighted by Gasteiger charge is 2.30. The Morgan fingerprint density at radius 2 is 1.65 bits per heavy atom. The SMILES string of the molecule is CN(C)C(=O)c1cc2cnc(NC3C=CC(C4CCN(CCN5CCN(c6ccc(C7CCC(=O)NC7=O)cc6)CC5)CC4)=CN3)nc2n1C1CCCC1. The van der Waals surface area contributed by atoms with Crippen molar-refractivity contribution in [2.24, 2.45) is 5.92 Å². The van der Waals surface area contributed by atoms with Gasteiger partial charge in [0.1, 0.15) is 17.5 Å². The van der Waals surface area contributed by atoms with E-state index < -0.39 is 0 Å². The fourth-order valence-corrected chi connectivity index (χ4v) is 8.91. The Balaban J connectivity index is 0.772. The molecule has 0 radical (unpaired) electrons. The van der Waals surface area contributed by atoms with Crippen molar-refractivity contribution in [3.05, 3.63) is 71.7 Å². The summed E-state index contributed by atoms with van der Waals surface area (Å²) in [4.78, 5) is 55.7. The lowest BCUT2D eigenvalue weighted by atomic mass is 9.88. The van der Waals surface area contributed by atoms with Crippen LogP contribution >= 0.6 is 0 Å². The third kappa shape index (κ3) is 7.88. The number of rotatable bonds is 10. The lowest BCUT2D eigenvalue weighted by Crippen LogP contribution is -2.49. The van der Waals surface area contributed by atoms with E-state index in [1.165, 1.54) is 24.1 Å². The smallest absolute Gasteiger partial charge is 0.270 e. The molecule has 4 fully saturated rings. The van der Waals surface area contributed by atoms with Crippen LogP contribution in [0.5, 0.6) is 0 Å². The maximum atomic E-state index is 13.1. The quantitative estimate of drug-likeness (QED) is 0.262. The van der Waals surface area contributed by atoms with E-state index in [2.05, 4.69) is 82.8 Å². The fourth-order valence-electron chi connectivity index (χ4n) is 8.91. The fraction of sp³-hybridized carbons (Fsp3) is 0.537. The summed E-state index contributed by atoms with van der Waals surface area (Å²) in [6, 6.07) is 10.6.